The second-order valence-electron chi connectivity index (χ2n) is 7.67. The van der Waals surface area contributed by atoms with E-state index in [0.29, 0.717) is 29.8 Å². The van der Waals surface area contributed by atoms with Crippen LogP contribution in [-0.2, 0) is 11.3 Å². The van der Waals surface area contributed by atoms with Crippen LogP contribution >= 0.6 is 0 Å². The molecule has 0 unspecified atom stereocenters. The molecule has 30 heavy (non-hydrogen) atoms. The van der Waals surface area contributed by atoms with Crippen LogP contribution in [0.25, 0.3) is 0 Å². The number of hydrogen-bond donors (Lipinski definition) is 1. The van der Waals surface area contributed by atoms with Crippen molar-refractivity contribution in [2.24, 2.45) is 0 Å². The maximum atomic E-state index is 13.3. The summed E-state index contributed by atoms with van der Waals surface area (Å²) in [6, 6.07) is 26.4. The van der Waals surface area contributed by atoms with Crippen molar-refractivity contribution in [1.82, 2.24) is 4.90 Å². The molecule has 0 aromatic heterocycles. The Balaban J connectivity index is 1.56. The highest BCUT2D eigenvalue weighted by Gasteiger charge is 2.40. The van der Waals surface area contributed by atoms with Crippen molar-refractivity contribution >= 4 is 17.4 Å². The van der Waals surface area contributed by atoms with E-state index in [4.69, 9.17) is 0 Å². The number of nitrogens with zero attached hydrogens (tertiary/aromatic N) is 1. The first kappa shape index (κ1) is 19.6. The molecule has 0 bridgehead atoms. The molecule has 1 amide bonds. The molecule has 3 aromatic rings. The van der Waals surface area contributed by atoms with Gasteiger partial charge < -0.3 is 10.2 Å². The lowest BCUT2D eigenvalue weighted by Gasteiger charge is -2.35. The first-order valence-electron chi connectivity index (χ1n) is 10.1. The molecule has 0 aliphatic carbocycles. The topological polar surface area (TPSA) is 49.4 Å². The van der Waals surface area contributed by atoms with Crippen LogP contribution in [0.2, 0.25) is 0 Å². The number of anilines is 1. The number of carbonyl (C=O) groups excluding carboxylic acids is 2. The molecule has 0 radical (unpaired) electrons. The minimum Gasteiger partial charge on any atom is -0.359 e. The van der Waals surface area contributed by atoms with Crippen molar-refractivity contribution in [2.75, 3.05) is 5.32 Å². The Kier molecular flexibility index (Phi) is 5.48. The fourth-order valence-electron chi connectivity index (χ4n) is 3.71. The molecule has 0 saturated heterocycles. The van der Waals surface area contributed by atoms with Gasteiger partial charge >= 0.3 is 0 Å². The standard InChI is InChI=1S/C26H24N2O2/c1-26(17-10-18-28(26)19-20-11-4-2-5-12-20)25(30)27-23-16-9-8-15-22(23)24(29)21-13-6-3-7-14-21/h2-16,18H,17,19H2,1H3,(H,27,30)/t26-/m1/s1. The molecule has 0 saturated carbocycles. The van der Waals surface area contributed by atoms with E-state index in [1.165, 1.54) is 0 Å². The molecule has 1 atom stereocenters. The largest absolute Gasteiger partial charge is 0.359 e. The molecule has 1 aliphatic heterocycles. The molecule has 4 rings (SSSR count). The highest BCUT2D eigenvalue weighted by Crippen LogP contribution is 2.31. The fourth-order valence-corrected chi connectivity index (χ4v) is 3.71. The highest BCUT2D eigenvalue weighted by atomic mass is 16.2. The van der Waals surface area contributed by atoms with E-state index in [1.54, 1.807) is 24.3 Å². The number of rotatable bonds is 6. The van der Waals surface area contributed by atoms with Gasteiger partial charge in [0.1, 0.15) is 5.54 Å². The third-order valence-corrected chi connectivity index (χ3v) is 5.58. The molecule has 1 aliphatic rings. The molecule has 0 spiro atoms. The van der Waals surface area contributed by atoms with E-state index < -0.39 is 5.54 Å². The van der Waals surface area contributed by atoms with Gasteiger partial charge in [-0.05, 0) is 37.2 Å². The molecular formula is C26H24N2O2. The van der Waals surface area contributed by atoms with E-state index in [-0.39, 0.29) is 11.7 Å². The van der Waals surface area contributed by atoms with E-state index in [1.807, 2.05) is 67.7 Å². The van der Waals surface area contributed by atoms with Crippen LogP contribution in [0.3, 0.4) is 0 Å². The Morgan fingerprint density at radius 1 is 0.900 bits per heavy atom. The van der Waals surface area contributed by atoms with Crippen LogP contribution in [0.4, 0.5) is 5.69 Å². The van der Waals surface area contributed by atoms with Gasteiger partial charge in [0.15, 0.2) is 5.78 Å². The highest BCUT2D eigenvalue weighted by molar-refractivity contribution is 6.14. The lowest BCUT2D eigenvalue weighted by atomic mass is 9.95. The van der Waals surface area contributed by atoms with E-state index in [2.05, 4.69) is 22.3 Å². The number of hydrogen-bond acceptors (Lipinski definition) is 3. The van der Waals surface area contributed by atoms with Gasteiger partial charge in [-0.2, -0.15) is 0 Å². The predicted octanol–water partition coefficient (Wildman–Crippen LogP) is 5.03. The van der Waals surface area contributed by atoms with Crippen molar-refractivity contribution in [1.29, 1.82) is 0 Å². The Morgan fingerprint density at radius 2 is 1.53 bits per heavy atom. The Labute approximate surface area is 176 Å². The van der Waals surface area contributed by atoms with Crippen LogP contribution in [0.15, 0.2) is 97.2 Å². The minimum absolute atomic E-state index is 0.109. The predicted molar refractivity (Wildman–Crippen MR) is 119 cm³/mol. The molecule has 3 aromatic carbocycles. The summed E-state index contributed by atoms with van der Waals surface area (Å²) in [5.41, 5.74) is 2.03. The van der Waals surface area contributed by atoms with Crippen LogP contribution in [0.1, 0.15) is 34.8 Å². The quantitative estimate of drug-likeness (QED) is 0.594. The van der Waals surface area contributed by atoms with Crippen LogP contribution in [-0.4, -0.2) is 22.1 Å². The van der Waals surface area contributed by atoms with E-state index >= 15 is 0 Å². The molecule has 0 fully saturated rings. The van der Waals surface area contributed by atoms with Crippen molar-refractivity contribution in [3.8, 4) is 0 Å². The second-order valence-corrected chi connectivity index (χ2v) is 7.67. The van der Waals surface area contributed by atoms with E-state index in [0.717, 1.165) is 5.56 Å². The van der Waals surface area contributed by atoms with Gasteiger partial charge in [-0.1, -0.05) is 78.9 Å². The zero-order valence-electron chi connectivity index (χ0n) is 16.9. The fraction of sp³-hybridized carbons (Fsp3) is 0.154. The zero-order chi connectivity index (χ0) is 21.0. The van der Waals surface area contributed by atoms with Gasteiger partial charge in [0, 0.05) is 17.7 Å². The normalized spacial score (nSPS) is 17.7. The van der Waals surface area contributed by atoms with Gasteiger partial charge in [-0.25, -0.2) is 0 Å². The molecular weight excluding hydrogens is 372 g/mol. The monoisotopic (exact) mass is 396 g/mol. The van der Waals surface area contributed by atoms with Crippen LogP contribution in [0.5, 0.6) is 0 Å². The summed E-state index contributed by atoms with van der Waals surface area (Å²) in [7, 11) is 0. The van der Waals surface area contributed by atoms with Crippen molar-refractivity contribution < 1.29 is 9.59 Å². The number of nitrogens with one attached hydrogen (secondary N) is 1. The van der Waals surface area contributed by atoms with Gasteiger partial charge in [-0.3, -0.25) is 9.59 Å². The third-order valence-electron chi connectivity index (χ3n) is 5.58. The number of amides is 1. The van der Waals surface area contributed by atoms with E-state index in [9.17, 15) is 9.59 Å². The summed E-state index contributed by atoms with van der Waals surface area (Å²) in [4.78, 5) is 28.4. The van der Waals surface area contributed by atoms with Gasteiger partial charge in [0.05, 0.1) is 5.69 Å². The summed E-state index contributed by atoms with van der Waals surface area (Å²) in [6.45, 7) is 2.58. The summed E-state index contributed by atoms with van der Waals surface area (Å²) >= 11 is 0. The summed E-state index contributed by atoms with van der Waals surface area (Å²) in [6.07, 6.45) is 4.61. The average molecular weight is 396 g/mol. The van der Waals surface area contributed by atoms with Gasteiger partial charge in [-0.15, -0.1) is 0 Å². The molecule has 150 valence electrons. The number of benzene rings is 3. The maximum Gasteiger partial charge on any atom is 0.250 e. The Hall–Kier alpha value is -3.66. The number of carbonyl (C=O) groups is 2. The summed E-state index contributed by atoms with van der Waals surface area (Å²) in [5.74, 6) is -0.237. The maximum absolute atomic E-state index is 13.3. The lowest BCUT2D eigenvalue weighted by molar-refractivity contribution is -0.125. The first-order valence-corrected chi connectivity index (χ1v) is 10.1. The smallest absolute Gasteiger partial charge is 0.250 e. The molecule has 1 heterocycles. The summed E-state index contributed by atoms with van der Waals surface area (Å²) < 4.78 is 0. The number of para-hydroxylation sites is 1. The summed E-state index contributed by atoms with van der Waals surface area (Å²) in [5, 5.41) is 3.02. The second kappa shape index (κ2) is 8.37. The molecule has 1 N–H and O–H groups in total. The van der Waals surface area contributed by atoms with Crippen molar-refractivity contribution in [3.05, 3.63) is 114 Å². The van der Waals surface area contributed by atoms with Gasteiger partial charge in [0.25, 0.3) is 0 Å². The van der Waals surface area contributed by atoms with Crippen molar-refractivity contribution in [2.45, 2.75) is 25.4 Å². The van der Waals surface area contributed by atoms with Gasteiger partial charge in [0.2, 0.25) is 5.91 Å². The average Bonchev–Trinajstić information content (AvgIpc) is 3.16. The first-order chi connectivity index (χ1) is 14.6. The minimum atomic E-state index is -0.723. The van der Waals surface area contributed by atoms with Crippen LogP contribution < -0.4 is 5.32 Å². The van der Waals surface area contributed by atoms with Crippen molar-refractivity contribution in [3.63, 3.8) is 0 Å². The molecule has 4 nitrogen and oxygen atoms in total. The Morgan fingerprint density at radius 3 is 2.27 bits per heavy atom. The zero-order valence-corrected chi connectivity index (χ0v) is 16.9. The van der Waals surface area contributed by atoms with Crippen LogP contribution in [0, 0.1) is 0 Å². The third kappa shape index (κ3) is 3.90. The number of ketones is 1. The lowest BCUT2D eigenvalue weighted by Crippen LogP contribution is -2.49. The SMILES string of the molecule is C[C@]1(C(=O)Nc2ccccc2C(=O)c2ccccc2)CC=CN1Cc1ccccc1. The molecule has 4 heteroatoms. The Bertz CT molecular complexity index is 1080.